The molecule has 0 aliphatic carbocycles. The molecule has 2 atom stereocenters. The fraction of sp³-hybridized carbons (Fsp3) is 0.316. The van der Waals surface area contributed by atoms with Crippen LogP contribution in [0.25, 0.3) is 0 Å². The molecule has 0 bridgehead atoms. The highest BCUT2D eigenvalue weighted by Crippen LogP contribution is 2.24. The molecule has 134 valence electrons. The van der Waals surface area contributed by atoms with E-state index >= 15 is 0 Å². The van der Waals surface area contributed by atoms with Crippen molar-refractivity contribution in [3.8, 4) is 11.5 Å². The van der Waals surface area contributed by atoms with Crippen molar-refractivity contribution in [3.05, 3.63) is 53.6 Å². The molecule has 0 spiro atoms. The molecule has 0 unspecified atom stereocenters. The smallest absolute Gasteiger partial charge is 0.233 e. The van der Waals surface area contributed by atoms with Crippen molar-refractivity contribution in [2.24, 2.45) is 0 Å². The van der Waals surface area contributed by atoms with Gasteiger partial charge in [-0.3, -0.25) is 4.79 Å². The van der Waals surface area contributed by atoms with Crippen molar-refractivity contribution >= 4 is 29.3 Å². The van der Waals surface area contributed by atoms with Gasteiger partial charge in [0.05, 0.1) is 18.4 Å². The van der Waals surface area contributed by atoms with E-state index in [0.717, 1.165) is 16.4 Å². The van der Waals surface area contributed by atoms with Crippen LogP contribution in [0.2, 0.25) is 5.02 Å². The van der Waals surface area contributed by atoms with Crippen molar-refractivity contribution in [3.63, 3.8) is 0 Å². The predicted octanol–water partition coefficient (Wildman–Crippen LogP) is 4.41. The second kappa shape index (κ2) is 9.59. The third-order valence-electron chi connectivity index (χ3n) is 3.44. The molecular weight excluding hydrogens is 358 g/mol. The molecular formula is C19H22ClNO3S. The van der Waals surface area contributed by atoms with Crippen molar-refractivity contribution in [1.82, 2.24) is 5.32 Å². The first-order valence-electron chi connectivity index (χ1n) is 7.97. The van der Waals surface area contributed by atoms with Crippen LogP contribution in [0.3, 0.4) is 0 Å². The summed E-state index contributed by atoms with van der Waals surface area (Å²) in [5.41, 5.74) is 0. The van der Waals surface area contributed by atoms with Crippen LogP contribution in [0.15, 0.2) is 53.4 Å². The molecule has 0 aromatic heterocycles. The van der Waals surface area contributed by atoms with Crippen molar-refractivity contribution in [1.29, 1.82) is 0 Å². The number of rotatable bonds is 8. The Morgan fingerprint density at radius 1 is 1.08 bits per heavy atom. The Morgan fingerprint density at radius 3 is 2.28 bits per heavy atom. The number of ether oxygens (including phenoxy) is 2. The summed E-state index contributed by atoms with van der Waals surface area (Å²) in [5.74, 6) is 1.50. The van der Waals surface area contributed by atoms with Crippen molar-refractivity contribution < 1.29 is 14.3 Å². The zero-order valence-electron chi connectivity index (χ0n) is 14.5. The van der Waals surface area contributed by atoms with Crippen LogP contribution in [0.1, 0.15) is 13.8 Å². The summed E-state index contributed by atoms with van der Waals surface area (Å²) in [7, 11) is 1.62. The van der Waals surface area contributed by atoms with Crippen LogP contribution in [0.4, 0.5) is 0 Å². The van der Waals surface area contributed by atoms with Crippen molar-refractivity contribution in [2.75, 3.05) is 13.7 Å². The van der Waals surface area contributed by atoms with E-state index in [4.69, 9.17) is 21.1 Å². The molecule has 1 amide bonds. The van der Waals surface area contributed by atoms with Gasteiger partial charge in [-0.25, -0.2) is 0 Å². The van der Waals surface area contributed by atoms with E-state index in [1.54, 1.807) is 7.11 Å². The Morgan fingerprint density at radius 2 is 1.68 bits per heavy atom. The molecule has 0 heterocycles. The van der Waals surface area contributed by atoms with Crippen LogP contribution in [-0.4, -0.2) is 30.9 Å². The summed E-state index contributed by atoms with van der Waals surface area (Å²) in [6.07, 6.45) is 0. The number of halogens is 1. The molecule has 25 heavy (non-hydrogen) atoms. The van der Waals surface area contributed by atoms with Crippen LogP contribution >= 0.6 is 23.4 Å². The maximum absolute atomic E-state index is 12.3. The van der Waals surface area contributed by atoms with E-state index in [9.17, 15) is 4.79 Å². The Balaban J connectivity index is 1.77. The first-order chi connectivity index (χ1) is 12.0. The van der Waals surface area contributed by atoms with Gasteiger partial charge in [0.15, 0.2) is 0 Å². The molecule has 2 rings (SSSR count). The van der Waals surface area contributed by atoms with Gasteiger partial charge in [0.1, 0.15) is 18.1 Å². The summed E-state index contributed by atoms with van der Waals surface area (Å²) in [4.78, 5) is 13.3. The quantitative estimate of drug-likeness (QED) is 0.690. The largest absolute Gasteiger partial charge is 0.497 e. The van der Waals surface area contributed by atoms with Gasteiger partial charge in [0.2, 0.25) is 5.91 Å². The van der Waals surface area contributed by atoms with E-state index in [1.165, 1.54) is 11.8 Å². The first-order valence-corrected chi connectivity index (χ1v) is 9.23. The number of carbonyl (C=O) groups is 1. The lowest BCUT2D eigenvalue weighted by Gasteiger charge is -2.18. The second-order valence-electron chi connectivity index (χ2n) is 5.61. The minimum atomic E-state index is -0.204. The second-order valence-corrected chi connectivity index (χ2v) is 7.46. The zero-order chi connectivity index (χ0) is 18.2. The summed E-state index contributed by atoms with van der Waals surface area (Å²) in [6.45, 7) is 4.20. The van der Waals surface area contributed by atoms with E-state index in [-0.39, 0.29) is 17.2 Å². The number of hydrogen-bond acceptors (Lipinski definition) is 4. The summed E-state index contributed by atoms with van der Waals surface area (Å²) >= 11 is 7.37. The third kappa shape index (κ3) is 6.52. The van der Waals surface area contributed by atoms with Crippen LogP contribution in [0, 0.1) is 0 Å². The third-order valence-corrected chi connectivity index (χ3v) is 4.81. The van der Waals surface area contributed by atoms with Gasteiger partial charge in [-0.2, -0.15) is 0 Å². The number of thioether (sulfide) groups is 1. The lowest BCUT2D eigenvalue weighted by atomic mass is 10.3. The van der Waals surface area contributed by atoms with Gasteiger partial charge in [0, 0.05) is 9.92 Å². The SMILES string of the molecule is COc1ccc(OC[C@H](C)NC(=O)[C@H](C)Sc2ccc(Cl)cc2)cc1. The van der Waals surface area contributed by atoms with Crippen LogP contribution < -0.4 is 14.8 Å². The lowest BCUT2D eigenvalue weighted by Crippen LogP contribution is -2.40. The van der Waals surface area contributed by atoms with E-state index in [2.05, 4.69) is 5.32 Å². The van der Waals surface area contributed by atoms with Gasteiger partial charge in [-0.15, -0.1) is 11.8 Å². The molecule has 0 fully saturated rings. The van der Waals surface area contributed by atoms with Crippen molar-refractivity contribution in [2.45, 2.75) is 30.0 Å². The molecule has 0 saturated carbocycles. The van der Waals surface area contributed by atoms with E-state index < -0.39 is 0 Å². The highest BCUT2D eigenvalue weighted by molar-refractivity contribution is 8.00. The monoisotopic (exact) mass is 379 g/mol. The number of hydrogen-bond donors (Lipinski definition) is 1. The Bertz CT molecular complexity index is 676. The van der Waals surface area contributed by atoms with Gasteiger partial charge in [-0.1, -0.05) is 11.6 Å². The van der Waals surface area contributed by atoms with Crippen LogP contribution in [0.5, 0.6) is 11.5 Å². The molecule has 1 N–H and O–H groups in total. The van der Waals surface area contributed by atoms with Gasteiger partial charge < -0.3 is 14.8 Å². The maximum Gasteiger partial charge on any atom is 0.233 e. The predicted molar refractivity (Wildman–Crippen MR) is 103 cm³/mol. The molecule has 2 aromatic carbocycles. The number of nitrogens with one attached hydrogen (secondary N) is 1. The molecule has 0 aliphatic rings. The van der Waals surface area contributed by atoms with E-state index in [0.29, 0.717) is 11.6 Å². The Hall–Kier alpha value is -1.85. The summed E-state index contributed by atoms with van der Waals surface area (Å²) in [5, 5.41) is 3.45. The number of benzene rings is 2. The van der Waals surface area contributed by atoms with Gasteiger partial charge >= 0.3 is 0 Å². The number of amides is 1. The summed E-state index contributed by atoms with van der Waals surface area (Å²) in [6, 6.07) is 14.7. The average molecular weight is 380 g/mol. The topological polar surface area (TPSA) is 47.6 Å². The summed E-state index contributed by atoms with van der Waals surface area (Å²) < 4.78 is 10.8. The minimum absolute atomic E-state index is 0.0224. The maximum atomic E-state index is 12.3. The Labute approximate surface area is 157 Å². The standard InChI is InChI=1S/C19H22ClNO3S/c1-13(12-24-17-8-6-16(23-3)7-9-17)21-19(22)14(2)25-18-10-4-15(20)5-11-18/h4-11,13-14H,12H2,1-3H3,(H,21,22)/t13-,14-/m0/s1. The first kappa shape index (κ1) is 19.5. The van der Waals surface area contributed by atoms with Gasteiger partial charge in [-0.05, 0) is 62.4 Å². The van der Waals surface area contributed by atoms with Crippen LogP contribution in [-0.2, 0) is 4.79 Å². The molecule has 0 aliphatic heterocycles. The van der Waals surface area contributed by atoms with E-state index in [1.807, 2.05) is 62.4 Å². The average Bonchev–Trinajstić information content (AvgIpc) is 2.62. The Kier molecular flexibility index (Phi) is 7.47. The molecule has 6 heteroatoms. The zero-order valence-corrected chi connectivity index (χ0v) is 16.1. The fourth-order valence-electron chi connectivity index (χ4n) is 2.07. The fourth-order valence-corrected chi connectivity index (χ4v) is 3.07. The number of carbonyl (C=O) groups excluding carboxylic acids is 1. The highest BCUT2D eigenvalue weighted by atomic mass is 35.5. The highest BCUT2D eigenvalue weighted by Gasteiger charge is 2.16. The molecule has 2 aromatic rings. The minimum Gasteiger partial charge on any atom is -0.497 e. The molecule has 0 saturated heterocycles. The molecule has 0 radical (unpaired) electrons. The normalized spacial score (nSPS) is 13.0. The lowest BCUT2D eigenvalue weighted by molar-refractivity contribution is -0.121. The number of methoxy groups -OCH3 is 1. The van der Waals surface area contributed by atoms with Gasteiger partial charge in [0.25, 0.3) is 0 Å². The molecule has 4 nitrogen and oxygen atoms in total.